The Morgan fingerprint density at radius 3 is 2.70 bits per heavy atom. The smallest absolute Gasteiger partial charge is 0.247 e. The average Bonchev–Trinajstić information content (AvgIpc) is 2.68. The molecule has 1 aromatic carbocycles. The van der Waals surface area contributed by atoms with Gasteiger partial charge in [0.15, 0.2) is 0 Å². The first kappa shape index (κ1) is 14.1. The lowest BCUT2D eigenvalue weighted by Gasteiger charge is -2.28. The summed E-state index contributed by atoms with van der Waals surface area (Å²) in [6.07, 6.45) is 8.88. The van der Waals surface area contributed by atoms with Crippen molar-refractivity contribution in [3.63, 3.8) is 0 Å². The molecule has 20 heavy (non-hydrogen) atoms. The van der Waals surface area contributed by atoms with Gasteiger partial charge >= 0.3 is 0 Å². The number of rotatable bonds is 4. The maximum atomic E-state index is 12.5. The molecule has 0 fully saturated rings. The number of hydrogen-bond donors (Lipinski definition) is 0. The van der Waals surface area contributed by atoms with Gasteiger partial charge in [-0.1, -0.05) is 18.2 Å². The van der Waals surface area contributed by atoms with Crippen LogP contribution < -0.4 is 4.90 Å². The third-order valence-corrected chi connectivity index (χ3v) is 2.91. The number of hydrogen-bond acceptors (Lipinski definition) is 3. The third kappa shape index (κ3) is 3.57. The fourth-order valence-corrected chi connectivity index (χ4v) is 2.07. The Hall–Kier alpha value is -2.36. The molecule has 0 radical (unpaired) electrons. The second kappa shape index (κ2) is 6.70. The maximum absolute atomic E-state index is 12.5. The summed E-state index contributed by atoms with van der Waals surface area (Å²) in [5.41, 5.74) is 0.918. The molecule has 104 valence electrons. The van der Waals surface area contributed by atoms with Crippen molar-refractivity contribution in [2.24, 2.45) is 4.99 Å². The van der Waals surface area contributed by atoms with Crippen LogP contribution in [0, 0.1) is 0 Å². The highest BCUT2D eigenvalue weighted by molar-refractivity contribution is 5.96. The van der Waals surface area contributed by atoms with Gasteiger partial charge in [0.2, 0.25) is 5.91 Å². The van der Waals surface area contributed by atoms with Crippen molar-refractivity contribution in [1.29, 1.82) is 0 Å². The number of para-hydroxylation sites is 1. The predicted octanol–water partition coefficient (Wildman–Crippen LogP) is 2.80. The lowest BCUT2D eigenvalue weighted by atomic mass is 10.2. The molecule has 4 heteroatoms. The summed E-state index contributed by atoms with van der Waals surface area (Å²) in [7, 11) is 0. The molecule has 1 aliphatic heterocycles. The number of allylic oxidation sites excluding steroid dienone is 2. The highest BCUT2D eigenvalue weighted by Gasteiger charge is 2.20. The number of nitrogens with zero attached hydrogens (tertiary/aromatic N) is 3. The molecule has 1 aromatic rings. The van der Waals surface area contributed by atoms with Crippen molar-refractivity contribution < 1.29 is 4.79 Å². The van der Waals surface area contributed by atoms with Gasteiger partial charge in [-0.2, -0.15) is 0 Å². The van der Waals surface area contributed by atoms with Gasteiger partial charge in [-0.3, -0.25) is 4.79 Å². The number of carbonyl (C=O) groups excluding carboxylic acids is 1. The molecule has 0 unspecified atom stereocenters. The van der Waals surface area contributed by atoms with Gasteiger partial charge in [-0.25, -0.2) is 4.99 Å². The third-order valence-electron chi connectivity index (χ3n) is 2.91. The zero-order valence-corrected chi connectivity index (χ0v) is 11.8. The minimum Gasteiger partial charge on any atom is -0.330 e. The summed E-state index contributed by atoms with van der Waals surface area (Å²) < 4.78 is 0. The van der Waals surface area contributed by atoms with E-state index in [-0.39, 0.29) is 18.5 Å². The number of benzene rings is 1. The van der Waals surface area contributed by atoms with Crippen molar-refractivity contribution in [3.8, 4) is 0 Å². The van der Waals surface area contributed by atoms with E-state index in [1.54, 1.807) is 22.3 Å². The molecule has 0 aliphatic carbocycles. The fraction of sp³-hybridized carbons (Fsp3) is 0.250. The van der Waals surface area contributed by atoms with E-state index >= 15 is 0 Å². The summed E-state index contributed by atoms with van der Waals surface area (Å²) >= 11 is 0. The monoisotopic (exact) mass is 269 g/mol. The Labute approximate surface area is 119 Å². The molecule has 0 saturated carbocycles. The van der Waals surface area contributed by atoms with Crippen LogP contribution in [0.5, 0.6) is 0 Å². The lowest BCUT2D eigenvalue weighted by Crippen LogP contribution is -2.42. The molecule has 0 N–H and O–H groups in total. The number of carbonyl (C=O) groups is 1. The highest BCUT2D eigenvalue weighted by atomic mass is 16.2. The molecule has 2 rings (SSSR count). The van der Waals surface area contributed by atoms with Gasteiger partial charge in [0.05, 0.1) is 6.34 Å². The van der Waals surface area contributed by atoms with Gasteiger partial charge in [0.1, 0.15) is 6.54 Å². The Balaban J connectivity index is 2.12. The quantitative estimate of drug-likeness (QED) is 0.842. The normalized spacial score (nSPS) is 13.7. The van der Waals surface area contributed by atoms with Gasteiger partial charge in [0.25, 0.3) is 0 Å². The minimum absolute atomic E-state index is 0.0456. The van der Waals surface area contributed by atoms with Gasteiger partial charge in [-0.15, -0.1) is 0 Å². The molecule has 4 nitrogen and oxygen atoms in total. The number of aliphatic imine (C=N–C) groups is 1. The van der Waals surface area contributed by atoms with Crippen LogP contribution in [0.15, 0.2) is 59.9 Å². The topological polar surface area (TPSA) is 35.9 Å². The van der Waals surface area contributed by atoms with Crippen LogP contribution in [-0.2, 0) is 4.79 Å². The van der Waals surface area contributed by atoms with Gasteiger partial charge < -0.3 is 9.80 Å². The standard InChI is InChI=1S/C16H19N3O/c1-14(2)19(15-8-4-3-5-9-15)16(20)12-18-11-7-6-10-17-13-18/h3-11,13-14H,12H2,1-2H3. The second-order valence-corrected chi connectivity index (χ2v) is 4.81. The molecule has 1 amide bonds. The number of amides is 1. The molecule has 0 atom stereocenters. The van der Waals surface area contributed by atoms with Crippen molar-refractivity contribution in [3.05, 3.63) is 54.9 Å². The first-order chi connectivity index (χ1) is 9.68. The molecule has 1 aliphatic rings. The first-order valence-electron chi connectivity index (χ1n) is 6.68. The van der Waals surface area contributed by atoms with Crippen LogP contribution >= 0.6 is 0 Å². The number of anilines is 1. The Morgan fingerprint density at radius 2 is 2.00 bits per heavy atom. The van der Waals surface area contributed by atoms with E-state index < -0.39 is 0 Å². The van der Waals surface area contributed by atoms with E-state index in [1.807, 2.05) is 62.5 Å². The summed E-state index contributed by atoms with van der Waals surface area (Å²) in [6, 6.07) is 9.83. The molecular formula is C16H19N3O. The first-order valence-corrected chi connectivity index (χ1v) is 6.68. The van der Waals surface area contributed by atoms with Gasteiger partial charge in [0, 0.05) is 24.1 Å². The second-order valence-electron chi connectivity index (χ2n) is 4.81. The summed E-state index contributed by atoms with van der Waals surface area (Å²) in [5.74, 6) is 0.0456. The summed E-state index contributed by atoms with van der Waals surface area (Å²) in [4.78, 5) is 20.2. The SMILES string of the molecule is CC(C)N(C(=O)CN1C=CC=CN=C1)c1ccccc1. The molecule has 0 bridgehead atoms. The van der Waals surface area contributed by atoms with E-state index in [1.165, 1.54) is 0 Å². The zero-order valence-electron chi connectivity index (χ0n) is 11.8. The molecule has 1 heterocycles. The largest absolute Gasteiger partial charge is 0.330 e. The van der Waals surface area contributed by atoms with Crippen LogP contribution in [0.1, 0.15) is 13.8 Å². The Morgan fingerprint density at radius 1 is 1.25 bits per heavy atom. The van der Waals surface area contributed by atoms with Crippen LogP contribution in [0.3, 0.4) is 0 Å². The lowest BCUT2D eigenvalue weighted by molar-refractivity contribution is -0.118. The van der Waals surface area contributed by atoms with Crippen LogP contribution in [0.2, 0.25) is 0 Å². The van der Waals surface area contributed by atoms with E-state index in [0.29, 0.717) is 0 Å². The van der Waals surface area contributed by atoms with Crippen LogP contribution in [0.4, 0.5) is 5.69 Å². The minimum atomic E-state index is 0.0456. The zero-order chi connectivity index (χ0) is 14.4. The van der Waals surface area contributed by atoms with Gasteiger partial charge in [-0.05, 0) is 38.1 Å². The van der Waals surface area contributed by atoms with E-state index in [9.17, 15) is 4.79 Å². The van der Waals surface area contributed by atoms with E-state index in [4.69, 9.17) is 0 Å². The van der Waals surface area contributed by atoms with Crippen molar-refractivity contribution in [1.82, 2.24) is 4.90 Å². The maximum Gasteiger partial charge on any atom is 0.247 e. The van der Waals surface area contributed by atoms with Crippen molar-refractivity contribution in [2.45, 2.75) is 19.9 Å². The summed E-state index contributed by atoms with van der Waals surface area (Å²) in [5, 5.41) is 0. The molecule has 0 aromatic heterocycles. The highest BCUT2D eigenvalue weighted by Crippen LogP contribution is 2.17. The molecule has 0 saturated heterocycles. The van der Waals surface area contributed by atoms with Crippen LogP contribution in [0.25, 0.3) is 0 Å². The van der Waals surface area contributed by atoms with Crippen LogP contribution in [-0.4, -0.2) is 29.7 Å². The average molecular weight is 269 g/mol. The molecular weight excluding hydrogens is 250 g/mol. The van der Waals surface area contributed by atoms with Crippen molar-refractivity contribution in [2.75, 3.05) is 11.4 Å². The fourth-order valence-electron chi connectivity index (χ4n) is 2.07. The Kier molecular flexibility index (Phi) is 4.71. The molecule has 0 spiro atoms. The summed E-state index contributed by atoms with van der Waals surface area (Å²) in [6.45, 7) is 4.30. The van der Waals surface area contributed by atoms with E-state index in [0.717, 1.165) is 5.69 Å². The van der Waals surface area contributed by atoms with E-state index in [2.05, 4.69) is 4.99 Å². The predicted molar refractivity (Wildman–Crippen MR) is 82.5 cm³/mol. The Bertz CT molecular complexity index is 516. The van der Waals surface area contributed by atoms with Crippen molar-refractivity contribution >= 4 is 17.9 Å².